The molecule has 1 saturated heterocycles. The lowest BCUT2D eigenvalue weighted by atomic mass is 10.1. The van der Waals surface area contributed by atoms with Gasteiger partial charge in [0.1, 0.15) is 0 Å². The molecule has 1 aromatic heterocycles. The van der Waals surface area contributed by atoms with E-state index in [9.17, 15) is 4.79 Å². The standard InChI is InChI=1S/C21H29N5O2/c1-3-4-13-28-20-18(14-16-5-7-17(8-6-16)19(22)27)15-23-21(24-20)26-11-9-25(2)10-12-26/h5-8,15H,3-4,9-14H2,1-2H3,(H2,22,27). The molecule has 2 heterocycles. The summed E-state index contributed by atoms with van der Waals surface area (Å²) in [5, 5.41) is 0. The minimum absolute atomic E-state index is 0.421. The van der Waals surface area contributed by atoms with Gasteiger partial charge >= 0.3 is 0 Å². The van der Waals surface area contributed by atoms with Crippen LogP contribution in [0.25, 0.3) is 0 Å². The number of nitrogens with two attached hydrogens (primary N) is 1. The van der Waals surface area contributed by atoms with E-state index in [4.69, 9.17) is 15.5 Å². The number of carbonyl (C=O) groups excluding carboxylic acids is 1. The summed E-state index contributed by atoms with van der Waals surface area (Å²) < 4.78 is 6.00. The first kappa shape index (κ1) is 20.1. The van der Waals surface area contributed by atoms with Crippen molar-refractivity contribution >= 4 is 11.9 Å². The third-order valence-corrected chi connectivity index (χ3v) is 4.97. The molecule has 2 aromatic rings. The zero-order valence-electron chi connectivity index (χ0n) is 16.7. The van der Waals surface area contributed by atoms with Gasteiger partial charge in [-0.1, -0.05) is 25.5 Å². The molecule has 1 amide bonds. The van der Waals surface area contributed by atoms with E-state index in [1.54, 1.807) is 12.1 Å². The molecule has 7 nitrogen and oxygen atoms in total. The van der Waals surface area contributed by atoms with E-state index in [1.807, 2.05) is 18.3 Å². The minimum atomic E-state index is -0.421. The van der Waals surface area contributed by atoms with Crippen LogP contribution < -0.4 is 15.4 Å². The van der Waals surface area contributed by atoms with Crippen LogP contribution in [0.3, 0.4) is 0 Å². The molecule has 3 rings (SSSR count). The summed E-state index contributed by atoms with van der Waals surface area (Å²) in [7, 11) is 2.13. The highest BCUT2D eigenvalue weighted by Gasteiger charge is 2.18. The van der Waals surface area contributed by atoms with Crippen LogP contribution in [0.4, 0.5) is 5.95 Å². The van der Waals surface area contributed by atoms with Crippen LogP contribution in [0.15, 0.2) is 30.5 Å². The molecule has 0 aliphatic carbocycles. The first-order chi connectivity index (χ1) is 13.6. The maximum atomic E-state index is 11.3. The van der Waals surface area contributed by atoms with Gasteiger partial charge in [0.15, 0.2) is 0 Å². The van der Waals surface area contributed by atoms with Crippen molar-refractivity contribution in [1.29, 1.82) is 0 Å². The number of likely N-dealkylation sites (N-methyl/N-ethyl adjacent to an activating group) is 1. The van der Waals surface area contributed by atoms with Crippen molar-refractivity contribution in [3.63, 3.8) is 0 Å². The number of aromatic nitrogens is 2. The molecular formula is C21H29N5O2. The fraction of sp³-hybridized carbons (Fsp3) is 0.476. The van der Waals surface area contributed by atoms with Crippen molar-refractivity contribution in [3.05, 3.63) is 47.2 Å². The average Bonchev–Trinajstić information content (AvgIpc) is 2.70. The first-order valence-electron chi connectivity index (χ1n) is 9.87. The summed E-state index contributed by atoms with van der Waals surface area (Å²) >= 11 is 0. The molecule has 1 aliphatic rings. The van der Waals surface area contributed by atoms with Gasteiger partial charge in [-0.2, -0.15) is 4.98 Å². The number of hydrogen-bond donors (Lipinski definition) is 1. The van der Waals surface area contributed by atoms with E-state index in [2.05, 4.69) is 28.8 Å². The summed E-state index contributed by atoms with van der Waals surface area (Å²) in [6.45, 7) is 6.62. The molecule has 2 N–H and O–H groups in total. The summed E-state index contributed by atoms with van der Waals surface area (Å²) in [6.07, 6.45) is 4.56. The van der Waals surface area contributed by atoms with Crippen molar-refractivity contribution in [1.82, 2.24) is 14.9 Å². The Kier molecular flexibility index (Phi) is 6.81. The minimum Gasteiger partial charge on any atom is -0.477 e. The van der Waals surface area contributed by atoms with Gasteiger partial charge in [0.05, 0.1) is 6.61 Å². The van der Waals surface area contributed by atoms with Crippen LogP contribution >= 0.6 is 0 Å². The fourth-order valence-electron chi connectivity index (χ4n) is 3.11. The molecule has 1 aliphatic heterocycles. The number of carbonyl (C=O) groups is 1. The highest BCUT2D eigenvalue weighted by atomic mass is 16.5. The largest absolute Gasteiger partial charge is 0.477 e. The number of piperazine rings is 1. The van der Waals surface area contributed by atoms with Crippen LogP contribution in [0, 0.1) is 0 Å². The van der Waals surface area contributed by atoms with E-state index < -0.39 is 5.91 Å². The van der Waals surface area contributed by atoms with Crippen LogP contribution in [0.1, 0.15) is 41.3 Å². The van der Waals surface area contributed by atoms with Crippen molar-refractivity contribution in [3.8, 4) is 5.88 Å². The van der Waals surface area contributed by atoms with Gasteiger partial charge in [-0.05, 0) is 31.2 Å². The number of primary amides is 1. The fourth-order valence-corrected chi connectivity index (χ4v) is 3.11. The number of ether oxygens (including phenoxy) is 1. The van der Waals surface area contributed by atoms with Gasteiger partial charge in [-0.3, -0.25) is 4.79 Å². The second-order valence-corrected chi connectivity index (χ2v) is 7.23. The van der Waals surface area contributed by atoms with Gasteiger partial charge < -0.3 is 20.3 Å². The zero-order chi connectivity index (χ0) is 19.9. The van der Waals surface area contributed by atoms with E-state index >= 15 is 0 Å². The molecule has 0 spiro atoms. The summed E-state index contributed by atoms with van der Waals surface area (Å²) in [6, 6.07) is 7.30. The number of nitrogens with zero attached hydrogens (tertiary/aromatic N) is 4. The summed E-state index contributed by atoms with van der Waals surface area (Å²) in [5.74, 6) is 0.957. The molecule has 1 fully saturated rings. The molecule has 1 aromatic carbocycles. The van der Waals surface area contributed by atoms with Gasteiger partial charge in [0.25, 0.3) is 0 Å². The smallest absolute Gasteiger partial charge is 0.248 e. The van der Waals surface area contributed by atoms with Gasteiger partial charge in [0.2, 0.25) is 17.7 Å². The van der Waals surface area contributed by atoms with Crippen molar-refractivity contribution in [2.24, 2.45) is 5.73 Å². The predicted molar refractivity (Wildman–Crippen MR) is 110 cm³/mol. The maximum absolute atomic E-state index is 11.3. The Morgan fingerprint density at radius 2 is 1.89 bits per heavy atom. The van der Waals surface area contributed by atoms with Crippen LogP contribution in [-0.2, 0) is 6.42 Å². The second kappa shape index (κ2) is 9.50. The van der Waals surface area contributed by atoms with Gasteiger partial charge in [-0.15, -0.1) is 0 Å². The number of unbranched alkanes of at least 4 members (excludes halogenated alkanes) is 1. The molecular weight excluding hydrogens is 354 g/mol. The molecule has 0 bridgehead atoms. The summed E-state index contributed by atoms with van der Waals surface area (Å²) in [5.41, 5.74) is 7.82. The van der Waals surface area contributed by atoms with Crippen molar-refractivity contribution in [2.75, 3.05) is 44.7 Å². The second-order valence-electron chi connectivity index (χ2n) is 7.23. The quantitative estimate of drug-likeness (QED) is 0.703. The number of amides is 1. The lowest BCUT2D eigenvalue weighted by Gasteiger charge is -2.32. The SMILES string of the molecule is CCCCOc1nc(N2CCN(C)CC2)ncc1Cc1ccc(C(N)=O)cc1. The highest BCUT2D eigenvalue weighted by molar-refractivity contribution is 5.92. The average molecular weight is 383 g/mol. The molecule has 28 heavy (non-hydrogen) atoms. The topological polar surface area (TPSA) is 84.6 Å². The Balaban J connectivity index is 1.79. The third kappa shape index (κ3) is 5.19. The van der Waals surface area contributed by atoms with Crippen LogP contribution in [0.2, 0.25) is 0 Å². The third-order valence-electron chi connectivity index (χ3n) is 4.97. The van der Waals surface area contributed by atoms with E-state index in [-0.39, 0.29) is 0 Å². The first-order valence-corrected chi connectivity index (χ1v) is 9.87. The molecule has 0 saturated carbocycles. The Morgan fingerprint density at radius 3 is 2.54 bits per heavy atom. The zero-order valence-corrected chi connectivity index (χ0v) is 16.7. The van der Waals surface area contributed by atoms with E-state index in [0.717, 1.165) is 56.1 Å². The number of rotatable bonds is 8. The Bertz CT molecular complexity index is 786. The summed E-state index contributed by atoms with van der Waals surface area (Å²) in [4.78, 5) is 25.1. The maximum Gasteiger partial charge on any atom is 0.248 e. The Labute approximate surface area is 166 Å². The Hall–Kier alpha value is -2.67. The molecule has 7 heteroatoms. The number of anilines is 1. The van der Waals surface area contributed by atoms with Crippen LogP contribution in [0.5, 0.6) is 5.88 Å². The van der Waals surface area contributed by atoms with Gasteiger partial charge in [0, 0.05) is 49.9 Å². The van der Waals surface area contributed by atoms with Crippen LogP contribution in [-0.4, -0.2) is 60.6 Å². The molecule has 0 radical (unpaired) electrons. The van der Waals surface area contributed by atoms with Gasteiger partial charge in [-0.25, -0.2) is 4.98 Å². The lowest BCUT2D eigenvalue weighted by molar-refractivity contribution is 0.100. The highest BCUT2D eigenvalue weighted by Crippen LogP contribution is 2.23. The number of benzene rings is 1. The van der Waals surface area contributed by atoms with Crippen molar-refractivity contribution in [2.45, 2.75) is 26.2 Å². The predicted octanol–water partition coefficient (Wildman–Crippen LogP) is 2.10. The molecule has 0 atom stereocenters. The van der Waals surface area contributed by atoms with E-state index in [0.29, 0.717) is 24.5 Å². The monoisotopic (exact) mass is 383 g/mol. The normalized spacial score (nSPS) is 14.9. The van der Waals surface area contributed by atoms with Crippen molar-refractivity contribution < 1.29 is 9.53 Å². The lowest BCUT2D eigenvalue weighted by Crippen LogP contribution is -2.45. The molecule has 150 valence electrons. The van der Waals surface area contributed by atoms with E-state index in [1.165, 1.54) is 0 Å². The Morgan fingerprint density at radius 1 is 1.18 bits per heavy atom. The molecule has 0 unspecified atom stereocenters. The number of hydrogen-bond acceptors (Lipinski definition) is 6.